The van der Waals surface area contributed by atoms with E-state index in [1.807, 2.05) is 0 Å². The second-order valence-corrected chi connectivity index (χ2v) is 0. The third kappa shape index (κ3) is 29.4. The van der Waals surface area contributed by atoms with Crippen LogP contribution in [0.25, 0.3) is 0 Å². The Kier molecular flexibility index (Phi) is 535. The largest absolute Gasteiger partial charge is 1.00 e. The van der Waals surface area contributed by atoms with E-state index in [0.29, 0.717) is 0 Å². The van der Waals surface area contributed by atoms with Crippen LogP contribution in [-0.4, -0.2) is 0 Å². The van der Waals surface area contributed by atoms with Crippen LogP contribution in [0.4, 0.5) is 0 Å². The molecule has 0 heterocycles. The average Bonchev–Trinajstić information content (AvgIpc) is 0. The van der Waals surface area contributed by atoms with Crippen LogP contribution < -0.4 is 51.4 Å². The van der Waals surface area contributed by atoms with Gasteiger partial charge in [0.05, 0.1) is 0 Å². The maximum absolute atomic E-state index is 0. The molecule has 0 bridgehead atoms. The van der Waals surface area contributed by atoms with Crippen LogP contribution in [0, 0.1) is 7.43 Å². The van der Waals surface area contributed by atoms with Crippen LogP contribution in [-0.2, 0) is 0 Å². The Bertz CT molecular complexity index is 11.5. The van der Waals surface area contributed by atoms with Gasteiger partial charge in [-0.15, -0.1) is 0 Å². The average molecular weight is 172 g/mol. The van der Waals surface area contributed by atoms with Gasteiger partial charge in [-0.1, -0.05) is 7.43 Å². The van der Waals surface area contributed by atoms with E-state index in [2.05, 4.69) is 0 Å². The summed E-state index contributed by atoms with van der Waals surface area (Å²) >= 11 is 0. The molecule has 0 amide bonds. The van der Waals surface area contributed by atoms with E-state index < -0.39 is 0 Å². The summed E-state index contributed by atoms with van der Waals surface area (Å²) in [5.74, 6) is 0. The fourth-order valence-corrected chi connectivity index (χ4v) is 0. The molecule has 0 nitrogen and oxygen atoms in total. The van der Waals surface area contributed by atoms with Crippen molar-refractivity contribution in [3.63, 3.8) is 0 Å². The molecule has 0 aromatic rings. The first kappa shape index (κ1) is 69.1. The van der Waals surface area contributed by atoms with E-state index in [0.717, 1.165) is 0 Å². The Morgan fingerprint density at radius 3 is 0.833 bits per heavy atom. The minimum Gasteiger partial charge on any atom is -0.358 e. The summed E-state index contributed by atoms with van der Waals surface area (Å²) in [7, 11) is 0. The Balaban J connectivity index is 0. The molecular formula is C2H14KPS2. The SMILES string of the molecule is C.P.S.S.[CH3-].[K+]. The van der Waals surface area contributed by atoms with Gasteiger partial charge in [-0.25, -0.2) is 0 Å². The normalized spacial score (nSPS) is 0. The molecule has 0 rings (SSSR count). The zero-order valence-corrected chi connectivity index (χ0v) is 10.2. The van der Waals surface area contributed by atoms with Gasteiger partial charge in [0.25, 0.3) is 0 Å². The summed E-state index contributed by atoms with van der Waals surface area (Å²) in [6, 6.07) is 0. The van der Waals surface area contributed by atoms with Crippen LogP contribution in [0.2, 0.25) is 0 Å². The molecule has 0 aliphatic heterocycles. The van der Waals surface area contributed by atoms with Gasteiger partial charge in [0.15, 0.2) is 0 Å². The van der Waals surface area contributed by atoms with Gasteiger partial charge in [-0.3, -0.25) is 0 Å². The molecule has 6 heavy (non-hydrogen) atoms. The van der Waals surface area contributed by atoms with Crippen molar-refractivity contribution in [3.05, 3.63) is 7.43 Å². The topological polar surface area (TPSA) is 0 Å². The van der Waals surface area contributed by atoms with Crippen LogP contribution >= 0.6 is 36.9 Å². The second-order valence-electron chi connectivity index (χ2n) is 0. The summed E-state index contributed by atoms with van der Waals surface area (Å²) in [4.78, 5) is 0. The summed E-state index contributed by atoms with van der Waals surface area (Å²) in [6.45, 7) is 0. The van der Waals surface area contributed by atoms with E-state index in [-0.39, 0.29) is 103 Å². The first-order chi connectivity index (χ1) is 0. The quantitative estimate of drug-likeness (QED) is 0.234. The third-order valence-electron chi connectivity index (χ3n) is 0. The molecule has 0 radical (unpaired) electrons. The number of rotatable bonds is 0. The minimum atomic E-state index is 0. The molecule has 0 fully saturated rings. The van der Waals surface area contributed by atoms with E-state index in [1.165, 1.54) is 0 Å². The van der Waals surface area contributed by atoms with E-state index in [1.54, 1.807) is 0 Å². The molecule has 0 aromatic heterocycles. The first-order valence-corrected chi connectivity index (χ1v) is 0. The van der Waals surface area contributed by atoms with E-state index in [4.69, 9.17) is 0 Å². The molecule has 4 heteroatoms. The molecule has 1 atom stereocenters. The molecular weight excluding hydrogens is 158 g/mol. The van der Waals surface area contributed by atoms with E-state index in [9.17, 15) is 0 Å². The molecule has 0 spiro atoms. The molecule has 0 aliphatic rings. The Morgan fingerprint density at radius 2 is 0.833 bits per heavy atom. The first-order valence-electron chi connectivity index (χ1n) is 0. The smallest absolute Gasteiger partial charge is 0.358 e. The molecule has 1 unspecified atom stereocenters. The van der Waals surface area contributed by atoms with Crippen LogP contribution in [0.1, 0.15) is 7.43 Å². The van der Waals surface area contributed by atoms with Gasteiger partial charge >= 0.3 is 51.4 Å². The standard InChI is InChI=1S/CH4.CH3.K.H3P.2H2S/h1H4;1H3;;1H3;2*1H2/q;-1;+1;;;. The van der Waals surface area contributed by atoms with Gasteiger partial charge in [-0.2, -0.15) is 36.9 Å². The van der Waals surface area contributed by atoms with Crippen molar-refractivity contribution in [2.45, 2.75) is 7.43 Å². The van der Waals surface area contributed by atoms with Crippen molar-refractivity contribution >= 4 is 36.9 Å². The zero-order chi connectivity index (χ0) is 0. The predicted octanol–water partition coefficient (Wildman–Crippen LogP) is -1.63. The summed E-state index contributed by atoms with van der Waals surface area (Å²) in [5.41, 5.74) is 0. The van der Waals surface area contributed by atoms with Crippen molar-refractivity contribution < 1.29 is 51.4 Å². The van der Waals surface area contributed by atoms with Gasteiger partial charge in [-0.05, 0) is 0 Å². The predicted molar refractivity (Wildman–Crippen MR) is 45.0 cm³/mol. The molecule has 0 aliphatic carbocycles. The maximum atomic E-state index is 0. The van der Waals surface area contributed by atoms with Gasteiger partial charge in [0, 0.05) is 0 Å². The third-order valence-corrected chi connectivity index (χ3v) is 0. The van der Waals surface area contributed by atoms with Crippen molar-refractivity contribution in [1.29, 1.82) is 0 Å². The Morgan fingerprint density at radius 1 is 0.833 bits per heavy atom. The van der Waals surface area contributed by atoms with Crippen LogP contribution in [0.5, 0.6) is 0 Å². The fraction of sp³-hybridized carbons (Fsp3) is 0.500. The van der Waals surface area contributed by atoms with Crippen molar-refractivity contribution in [2.24, 2.45) is 0 Å². The maximum Gasteiger partial charge on any atom is 1.00 e. The number of hydrogen-bond acceptors (Lipinski definition) is 0. The minimum absolute atomic E-state index is 0. The van der Waals surface area contributed by atoms with Crippen LogP contribution in [0.15, 0.2) is 0 Å². The monoisotopic (exact) mass is 172 g/mol. The second kappa shape index (κ2) is 46.5. The zero-order valence-electron chi connectivity index (χ0n) is 3.71. The number of hydrogen-bond donors (Lipinski definition) is 0. The molecule has 0 N–H and O–H groups in total. The van der Waals surface area contributed by atoms with E-state index >= 15 is 0 Å². The van der Waals surface area contributed by atoms with Gasteiger partial charge in [0.1, 0.15) is 0 Å². The summed E-state index contributed by atoms with van der Waals surface area (Å²) in [5, 5.41) is 0. The van der Waals surface area contributed by atoms with Gasteiger partial charge in [0.2, 0.25) is 0 Å². The molecule has 40 valence electrons. The Hall–Kier alpha value is 2.77. The Labute approximate surface area is 101 Å². The summed E-state index contributed by atoms with van der Waals surface area (Å²) < 4.78 is 0. The van der Waals surface area contributed by atoms with Crippen molar-refractivity contribution in [1.82, 2.24) is 0 Å². The van der Waals surface area contributed by atoms with Crippen LogP contribution in [0.3, 0.4) is 0 Å². The molecule has 0 aromatic carbocycles. The van der Waals surface area contributed by atoms with Gasteiger partial charge < -0.3 is 7.43 Å². The van der Waals surface area contributed by atoms with Crippen molar-refractivity contribution in [2.75, 3.05) is 0 Å². The summed E-state index contributed by atoms with van der Waals surface area (Å²) in [6.07, 6.45) is 0. The fourth-order valence-electron chi connectivity index (χ4n) is 0. The molecule has 0 saturated heterocycles. The molecule has 0 saturated carbocycles. The van der Waals surface area contributed by atoms with Crippen molar-refractivity contribution in [3.8, 4) is 0 Å².